The van der Waals surface area contributed by atoms with Gasteiger partial charge < -0.3 is 20.1 Å². The molecule has 2 aliphatic rings. The first-order chi connectivity index (χ1) is 19.0. The largest absolute Gasteiger partial charge is 0.497 e. The lowest BCUT2D eigenvalue weighted by Crippen LogP contribution is -2.21. The van der Waals surface area contributed by atoms with E-state index in [1.165, 1.54) is 0 Å². The third-order valence-corrected chi connectivity index (χ3v) is 7.88. The van der Waals surface area contributed by atoms with Crippen LogP contribution in [0, 0.1) is 0 Å². The van der Waals surface area contributed by atoms with Crippen LogP contribution in [0.5, 0.6) is 11.5 Å². The van der Waals surface area contributed by atoms with Gasteiger partial charge in [0, 0.05) is 35.8 Å². The maximum absolute atomic E-state index is 13.1. The SMILES string of the molecule is CCOc1ccc(-c2cnn(C)c2)cc1Nc1n[nH]c2cc([C@@H]3C[C@@]34C(=O)Nc3ccc(OC)cc34)ccc12. The van der Waals surface area contributed by atoms with E-state index < -0.39 is 5.41 Å². The van der Waals surface area contributed by atoms with Crippen LogP contribution in [0.4, 0.5) is 17.2 Å². The second-order valence-electron chi connectivity index (χ2n) is 10.1. The monoisotopic (exact) mass is 520 g/mol. The Bertz CT molecular complexity index is 1760. The van der Waals surface area contributed by atoms with Gasteiger partial charge in [-0.3, -0.25) is 14.6 Å². The van der Waals surface area contributed by atoms with Gasteiger partial charge in [-0.2, -0.15) is 10.2 Å². The van der Waals surface area contributed by atoms with Crippen molar-refractivity contribution in [2.45, 2.75) is 24.7 Å². The number of nitrogens with zero attached hydrogens (tertiary/aromatic N) is 3. The smallest absolute Gasteiger partial charge is 0.235 e. The van der Waals surface area contributed by atoms with Gasteiger partial charge in [0.05, 0.1) is 36.5 Å². The molecule has 196 valence electrons. The number of nitrogens with one attached hydrogen (secondary N) is 3. The summed E-state index contributed by atoms with van der Waals surface area (Å²) in [5.41, 5.74) is 6.23. The van der Waals surface area contributed by atoms with Crippen LogP contribution in [-0.4, -0.2) is 39.6 Å². The summed E-state index contributed by atoms with van der Waals surface area (Å²) in [5, 5.41) is 19.5. The second-order valence-corrected chi connectivity index (χ2v) is 10.1. The Morgan fingerprint density at radius 3 is 2.82 bits per heavy atom. The van der Waals surface area contributed by atoms with Gasteiger partial charge in [-0.05, 0) is 72.5 Å². The first kappa shape index (κ1) is 23.3. The standard InChI is InChI=1S/C30H28N6O3/c1-4-39-27-10-6-17(19-15-31-36(2)16-19)11-26(27)32-28-21-8-5-18(12-25(21)34-35-28)23-14-30(23)22-13-20(38-3)7-9-24(22)33-29(30)37/h5-13,15-16,23H,4,14H2,1-3H3,(H,33,37)(H2,32,34,35)/t23-,30-/m0/s1. The van der Waals surface area contributed by atoms with Crippen LogP contribution in [-0.2, 0) is 17.3 Å². The molecular formula is C30H28N6O3. The van der Waals surface area contributed by atoms with Crippen LogP contribution in [0.3, 0.4) is 0 Å². The summed E-state index contributed by atoms with van der Waals surface area (Å²) in [5.74, 6) is 2.36. The van der Waals surface area contributed by atoms with E-state index in [2.05, 4.69) is 50.2 Å². The number of anilines is 3. The van der Waals surface area contributed by atoms with Crippen LogP contribution in [0.1, 0.15) is 30.4 Å². The number of aromatic amines is 1. The predicted octanol–water partition coefficient (Wildman–Crippen LogP) is 5.49. The molecule has 39 heavy (non-hydrogen) atoms. The Labute approximate surface area is 225 Å². The van der Waals surface area contributed by atoms with Crippen molar-refractivity contribution in [1.82, 2.24) is 20.0 Å². The molecule has 9 nitrogen and oxygen atoms in total. The number of ether oxygens (including phenoxy) is 2. The number of hydrogen-bond donors (Lipinski definition) is 3. The Morgan fingerprint density at radius 1 is 1.13 bits per heavy atom. The highest BCUT2D eigenvalue weighted by Gasteiger charge is 2.65. The average Bonchev–Trinajstić information content (AvgIpc) is 3.18. The molecule has 0 radical (unpaired) electrons. The maximum Gasteiger partial charge on any atom is 0.235 e. The molecule has 0 unspecified atom stereocenters. The number of benzene rings is 3. The van der Waals surface area contributed by atoms with Gasteiger partial charge in [0.1, 0.15) is 11.5 Å². The molecule has 1 aliphatic heterocycles. The lowest BCUT2D eigenvalue weighted by molar-refractivity contribution is -0.118. The molecular weight excluding hydrogens is 492 g/mol. The normalized spacial score (nSPS) is 19.3. The number of amides is 1. The minimum atomic E-state index is -0.544. The van der Waals surface area contributed by atoms with E-state index >= 15 is 0 Å². The summed E-state index contributed by atoms with van der Waals surface area (Å²) in [7, 11) is 3.55. The Morgan fingerprint density at radius 2 is 2.03 bits per heavy atom. The molecule has 5 aromatic rings. The molecule has 0 saturated heterocycles. The molecule has 3 aromatic carbocycles. The van der Waals surface area contributed by atoms with Crippen molar-refractivity contribution in [2.75, 3.05) is 24.4 Å². The molecule has 2 aromatic heterocycles. The zero-order chi connectivity index (χ0) is 26.7. The van der Waals surface area contributed by atoms with E-state index in [1.807, 2.05) is 56.7 Å². The fourth-order valence-corrected chi connectivity index (χ4v) is 5.83. The van der Waals surface area contributed by atoms with Gasteiger partial charge in [-0.15, -0.1) is 0 Å². The van der Waals surface area contributed by atoms with Crippen LogP contribution < -0.4 is 20.1 Å². The lowest BCUT2D eigenvalue weighted by atomic mass is 9.91. The number of fused-ring (bicyclic) bond motifs is 3. The predicted molar refractivity (Wildman–Crippen MR) is 150 cm³/mol. The third kappa shape index (κ3) is 3.64. The van der Waals surface area contributed by atoms with E-state index in [1.54, 1.807) is 11.8 Å². The Hall–Kier alpha value is -4.79. The van der Waals surface area contributed by atoms with Crippen molar-refractivity contribution in [3.63, 3.8) is 0 Å². The molecule has 1 amide bonds. The van der Waals surface area contributed by atoms with E-state index in [0.29, 0.717) is 12.4 Å². The summed E-state index contributed by atoms with van der Waals surface area (Å²) in [6.07, 6.45) is 4.59. The van der Waals surface area contributed by atoms with Crippen molar-refractivity contribution in [3.8, 4) is 22.6 Å². The fraction of sp³-hybridized carbons (Fsp3) is 0.233. The van der Waals surface area contributed by atoms with E-state index in [-0.39, 0.29) is 11.8 Å². The zero-order valence-electron chi connectivity index (χ0n) is 21.9. The maximum atomic E-state index is 13.1. The highest BCUT2D eigenvalue weighted by atomic mass is 16.5. The zero-order valence-corrected chi connectivity index (χ0v) is 21.9. The number of carbonyl (C=O) groups excluding carboxylic acids is 1. The van der Waals surface area contributed by atoms with Gasteiger partial charge in [0.15, 0.2) is 5.82 Å². The van der Waals surface area contributed by atoms with Crippen molar-refractivity contribution >= 4 is 34.0 Å². The van der Waals surface area contributed by atoms with Gasteiger partial charge in [0.2, 0.25) is 5.91 Å². The molecule has 0 bridgehead atoms. The first-order valence-corrected chi connectivity index (χ1v) is 13.0. The summed E-state index contributed by atoms with van der Waals surface area (Å²) < 4.78 is 13.1. The molecule has 2 atom stereocenters. The summed E-state index contributed by atoms with van der Waals surface area (Å²) in [6, 6.07) is 18.1. The number of rotatable bonds is 7. The molecule has 3 heterocycles. The minimum Gasteiger partial charge on any atom is -0.497 e. The van der Waals surface area contributed by atoms with Gasteiger partial charge in [-0.25, -0.2) is 0 Å². The number of hydrogen-bond acceptors (Lipinski definition) is 6. The van der Waals surface area contributed by atoms with Crippen molar-refractivity contribution in [3.05, 3.63) is 78.1 Å². The van der Waals surface area contributed by atoms with Crippen LogP contribution >= 0.6 is 0 Å². The molecule has 1 aliphatic carbocycles. The number of carbonyl (C=O) groups is 1. The number of aryl methyl sites for hydroxylation is 1. The highest BCUT2D eigenvalue weighted by Crippen LogP contribution is 2.65. The Kier molecular flexibility index (Phi) is 5.16. The van der Waals surface area contributed by atoms with Crippen molar-refractivity contribution in [1.29, 1.82) is 0 Å². The van der Waals surface area contributed by atoms with Gasteiger partial charge >= 0.3 is 0 Å². The number of aromatic nitrogens is 4. The Balaban J connectivity index is 1.20. The fourth-order valence-electron chi connectivity index (χ4n) is 5.83. The molecule has 3 N–H and O–H groups in total. The molecule has 7 rings (SSSR count). The highest BCUT2D eigenvalue weighted by molar-refractivity contribution is 6.10. The van der Waals surface area contributed by atoms with Crippen molar-refractivity contribution in [2.24, 2.45) is 7.05 Å². The third-order valence-electron chi connectivity index (χ3n) is 7.88. The van der Waals surface area contributed by atoms with Crippen LogP contribution in [0.2, 0.25) is 0 Å². The molecule has 1 spiro atoms. The quantitative estimate of drug-likeness (QED) is 0.262. The van der Waals surface area contributed by atoms with E-state index in [9.17, 15) is 4.79 Å². The average molecular weight is 521 g/mol. The minimum absolute atomic E-state index is 0.0553. The molecule has 9 heteroatoms. The second kappa shape index (κ2) is 8.62. The van der Waals surface area contributed by atoms with Crippen LogP contribution in [0.25, 0.3) is 22.0 Å². The van der Waals surface area contributed by atoms with Gasteiger partial charge in [-0.1, -0.05) is 12.1 Å². The lowest BCUT2D eigenvalue weighted by Gasteiger charge is -2.13. The van der Waals surface area contributed by atoms with Crippen LogP contribution in [0.15, 0.2) is 67.0 Å². The molecule has 1 saturated carbocycles. The van der Waals surface area contributed by atoms with E-state index in [4.69, 9.17) is 9.47 Å². The summed E-state index contributed by atoms with van der Waals surface area (Å²) >= 11 is 0. The summed E-state index contributed by atoms with van der Waals surface area (Å²) in [4.78, 5) is 13.1. The first-order valence-electron chi connectivity index (χ1n) is 13.0. The van der Waals surface area contributed by atoms with Crippen molar-refractivity contribution < 1.29 is 14.3 Å². The van der Waals surface area contributed by atoms with E-state index in [0.717, 1.165) is 62.5 Å². The topological polar surface area (TPSA) is 106 Å². The molecule has 1 fully saturated rings. The summed E-state index contributed by atoms with van der Waals surface area (Å²) in [6.45, 7) is 2.52. The number of methoxy groups -OCH3 is 1. The number of H-pyrrole nitrogens is 1. The van der Waals surface area contributed by atoms with Gasteiger partial charge in [0.25, 0.3) is 0 Å².